The van der Waals surface area contributed by atoms with Gasteiger partial charge in [-0.3, -0.25) is 14.9 Å². The number of ketones is 1. The normalized spacial score (nSPS) is 10.8. The van der Waals surface area contributed by atoms with Gasteiger partial charge in [0.1, 0.15) is 23.9 Å². The Labute approximate surface area is 182 Å². The van der Waals surface area contributed by atoms with Crippen molar-refractivity contribution in [2.75, 3.05) is 7.11 Å². The smallest absolute Gasteiger partial charge is 0.280 e. The van der Waals surface area contributed by atoms with E-state index < -0.39 is 16.5 Å². The summed E-state index contributed by atoms with van der Waals surface area (Å²) in [5.74, 6) is -0.0811. The molecular formula is C23H17ClFNO5. The number of ether oxygens (including phenoxy) is 2. The molecule has 0 aliphatic heterocycles. The van der Waals surface area contributed by atoms with Crippen LogP contribution < -0.4 is 9.47 Å². The van der Waals surface area contributed by atoms with Gasteiger partial charge in [-0.2, -0.15) is 0 Å². The van der Waals surface area contributed by atoms with Crippen LogP contribution in [0.5, 0.6) is 11.5 Å². The Balaban J connectivity index is 1.80. The summed E-state index contributed by atoms with van der Waals surface area (Å²) in [5, 5.41) is 11.3. The zero-order chi connectivity index (χ0) is 22.4. The van der Waals surface area contributed by atoms with Crippen molar-refractivity contribution in [3.63, 3.8) is 0 Å². The van der Waals surface area contributed by atoms with Crippen LogP contribution >= 0.6 is 11.6 Å². The van der Waals surface area contributed by atoms with E-state index in [0.29, 0.717) is 22.6 Å². The molecule has 3 aromatic rings. The van der Waals surface area contributed by atoms with E-state index in [-0.39, 0.29) is 22.9 Å². The van der Waals surface area contributed by atoms with Gasteiger partial charge in [0.15, 0.2) is 5.78 Å². The van der Waals surface area contributed by atoms with Crippen LogP contribution in [-0.2, 0) is 6.61 Å². The average Bonchev–Trinajstić information content (AvgIpc) is 2.76. The molecule has 3 rings (SSSR count). The van der Waals surface area contributed by atoms with Crippen molar-refractivity contribution in [1.82, 2.24) is 0 Å². The van der Waals surface area contributed by atoms with Crippen LogP contribution in [0.15, 0.2) is 66.7 Å². The van der Waals surface area contributed by atoms with E-state index in [4.69, 9.17) is 21.1 Å². The van der Waals surface area contributed by atoms with Crippen LogP contribution in [0.2, 0.25) is 5.02 Å². The van der Waals surface area contributed by atoms with Crippen molar-refractivity contribution < 1.29 is 23.6 Å². The number of halogens is 2. The summed E-state index contributed by atoms with van der Waals surface area (Å²) in [6.07, 6.45) is 2.82. The Hall–Kier alpha value is -3.71. The molecule has 0 spiro atoms. The largest absolute Gasteiger partial charge is 0.496 e. The Bertz CT molecular complexity index is 1160. The molecule has 0 aromatic heterocycles. The molecule has 3 aromatic carbocycles. The Morgan fingerprint density at radius 1 is 1.13 bits per heavy atom. The average molecular weight is 442 g/mol. The minimum atomic E-state index is -0.593. The van der Waals surface area contributed by atoms with Crippen molar-refractivity contribution in [2.24, 2.45) is 0 Å². The molecule has 31 heavy (non-hydrogen) atoms. The zero-order valence-electron chi connectivity index (χ0n) is 16.4. The monoisotopic (exact) mass is 441 g/mol. The third-order valence-corrected chi connectivity index (χ3v) is 4.67. The molecule has 0 saturated heterocycles. The lowest BCUT2D eigenvalue weighted by Gasteiger charge is -2.12. The minimum absolute atomic E-state index is 0.00627. The number of benzene rings is 3. The number of nitrogens with zero attached hydrogens (tertiary/aromatic N) is 1. The van der Waals surface area contributed by atoms with Crippen LogP contribution in [0, 0.1) is 15.9 Å². The van der Waals surface area contributed by atoms with Crippen LogP contribution in [-0.4, -0.2) is 17.8 Å². The second-order valence-corrected chi connectivity index (χ2v) is 6.81. The number of carbonyl (C=O) groups excluding carboxylic acids is 1. The number of nitro benzene ring substituents is 1. The predicted octanol–water partition coefficient (Wildman–Crippen LogP) is 5.87. The second-order valence-electron chi connectivity index (χ2n) is 6.41. The minimum Gasteiger partial charge on any atom is -0.496 e. The topological polar surface area (TPSA) is 78.7 Å². The predicted molar refractivity (Wildman–Crippen MR) is 115 cm³/mol. The highest BCUT2D eigenvalue weighted by Gasteiger charge is 2.17. The van der Waals surface area contributed by atoms with Gasteiger partial charge in [0.25, 0.3) is 5.69 Å². The summed E-state index contributed by atoms with van der Waals surface area (Å²) >= 11 is 5.99. The Kier molecular flexibility index (Phi) is 6.99. The summed E-state index contributed by atoms with van der Waals surface area (Å²) in [6.45, 7) is 0.0916. The Morgan fingerprint density at radius 3 is 2.58 bits per heavy atom. The Morgan fingerprint density at radius 2 is 1.87 bits per heavy atom. The van der Waals surface area contributed by atoms with E-state index in [1.54, 1.807) is 30.3 Å². The fourth-order valence-electron chi connectivity index (χ4n) is 2.87. The van der Waals surface area contributed by atoms with Crippen LogP contribution in [0.4, 0.5) is 10.1 Å². The lowest BCUT2D eigenvalue weighted by atomic mass is 10.1. The molecule has 0 heterocycles. The molecule has 0 fully saturated rings. The summed E-state index contributed by atoms with van der Waals surface area (Å²) in [6, 6.07) is 14.8. The van der Waals surface area contributed by atoms with Crippen LogP contribution in [0.1, 0.15) is 21.5 Å². The molecule has 0 saturated carbocycles. The van der Waals surface area contributed by atoms with E-state index >= 15 is 0 Å². The third kappa shape index (κ3) is 5.46. The summed E-state index contributed by atoms with van der Waals surface area (Å²) < 4.78 is 24.2. The first-order chi connectivity index (χ1) is 14.9. The first-order valence-corrected chi connectivity index (χ1v) is 9.47. The van der Waals surface area contributed by atoms with Gasteiger partial charge in [-0.05, 0) is 48.0 Å². The SMILES string of the molecule is COc1ccc(/C=C/C(=O)c2ccccc2[N+](=O)[O-])cc1COc1ccc(F)cc1Cl. The molecule has 0 aliphatic rings. The van der Waals surface area contributed by atoms with E-state index in [1.165, 1.54) is 43.5 Å². The standard InChI is InChI=1S/C23H17ClFNO5/c1-30-22-10-7-15(6-9-21(27)18-4-2-3-5-20(18)26(28)29)12-16(22)14-31-23-11-8-17(25)13-19(23)24/h2-13H,14H2,1H3/b9-6+. The molecule has 0 unspecified atom stereocenters. The van der Waals surface area contributed by atoms with Crippen molar-refractivity contribution in [2.45, 2.75) is 6.61 Å². The molecule has 8 heteroatoms. The number of nitro groups is 1. The maximum absolute atomic E-state index is 13.2. The number of hydrogen-bond donors (Lipinski definition) is 0. The number of methoxy groups -OCH3 is 1. The molecule has 0 amide bonds. The van der Waals surface area contributed by atoms with E-state index in [0.717, 1.165) is 6.07 Å². The molecule has 0 radical (unpaired) electrons. The number of para-hydroxylation sites is 1. The van der Waals surface area contributed by atoms with Gasteiger partial charge in [0.2, 0.25) is 0 Å². The molecular weight excluding hydrogens is 425 g/mol. The van der Waals surface area contributed by atoms with Gasteiger partial charge in [-0.15, -0.1) is 0 Å². The third-order valence-electron chi connectivity index (χ3n) is 4.37. The number of carbonyl (C=O) groups is 1. The fraction of sp³-hybridized carbons (Fsp3) is 0.0870. The molecule has 158 valence electrons. The van der Waals surface area contributed by atoms with E-state index in [1.807, 2.05) is 0 Å². The highest BCUT2D eigenvalue weighted by Crippen LogP contribution is 2.28. The molecule has 6 nitrogen and oxygen atoms in total. The second kappa shape index (κ2) is 9.86. The van der Waals surface area contributed by atoms with E-state index in [2.05, 4.69) is 0 Å². The number of rotatable bonds is 8. The van der Waals surface area contributed by atoms with Crippen molar-refractivity contribution in [1.29, 1.82) is 0 Å². The van der Waals surface area contributed by atoms with Gasteiger partial charge < -0.3 is 9.47 Å². The van der Waals surface area contributed by atoms with Gasteiger partial charge in [-0.1, -0.05) is 35.9 Å². The summed E-state index contributed by atoms with van der Waals surface area (Å²) in [4.78, 5) is 23.0. The number of hydrogen-bond acceptors (Lipinski definition) is 5. The van der Waals surface area contributed by atoms with Gasteiger partial charge in [-0.25, -0.2) is 4.39 Å². The van der Waals surface area contributed by atoms with Crippen LogP contribution in [0.3, 0.4) is 0 Å². The first-order valence-electron chi connectivity index (χ1n) is 9.09. The van der Waals surface area contributed by atoms with Crippen molar-refractivity contribution >= 4 is 29.1 Å². The fourth-order valence-corrected chi connectivity index (χ4v) is 3.09. The molecule has 0 atom stereocenters. The maximum atomic E-state index is 13.2. The quantitative estimate of drug-likeness (QED) is 0.189. The van der Waals surface area contributed by atoms with E-state index in [9.17, 15) is 19.3 Å². The first kappa shape index (κ1) is 22.0. The summed E-state index contributed by atoms with van der Waals surface area (Å²) in [7, 11) is 1.51. The highest BCUT2D eigenvalue weighted by atomic mass is 35.5. The lowest BCUT2D eigenvalue weighted by molar-refractivity contribution is -0.385. The van der Waals surface area contributed by atoms with Crippen molar-refractivity contribution in [3.05, 3.63) is 104 Å². The van der Waals surface area contributed by atoms with Gasteiger partial charge in [0.05, 0.1) is 22.6 Å². The van der Waals surface area contributed by atoms with Gasteiger partial charge in [0, 0.05) is 11.6 Å². The van der Waals surface area contributed by atoms with Crippen molar-refractivity contribution in [3.8, 4) is 11.5 Å². The highest BCUT2D eigenvalue weighted by molar-refractivity contribution is 6.32. The molecule has 0 N–H and O–H groups in total. The maximum Gasteiger partial charge on any atom is 0.280 e. The number of allylic oxidation sites excluding steroid dienone is 1. The van der Waals surface area contributed by atoms with Gasteiger partial charge >= 0.3 is 0 Å². The molecule has 0 aliphatic carbocycles. The zero-order valence-corrected chi connectivity index (χ0v) is 17.1. The van der Waals surface area contributed by atoms with Crippen LogP contribution in [0.25, 0.3) is 6.08 Å². The lowest BCUT2D eigenvalue weighted by Crippen LogP contribution is -2.01. The summed E-state index contributed by atoms with van der Waals surface area (Å²) in [5.41, 5.74) is 1.09. The molecule has 0 bridgehead atoms.